The number of nitrogens with one attached hydrogen (secondary N) is 1. The van der Waals surface area contributed by atoms with E-state index in [-0.39, 0.29) is 11.7 Å². The van der Waals surface area contributed by atoms with Crippen LogP contribution >= 0.6 is 0 Å². The van der Waals surface area contributed by atoms with Crippen molar-refractivity contribution in [1.29, 1.82) is 0 Å². The van der Waals surface area contributed by atoms with Crippen LogP contribution in [0.5, 0.6) is 0 Å². The van der Waals surface area contributed by atoms with Crippen LogP contribution in [0.3, 0.4) is 0 Å². The molecule has 3 rings (SSSR count). The van der Waals surface area contributed by atoms with Gasteiger partial charge in [0.05, 0.1) is 11.9 Å². The second-order valence-corrected chi connectivity index (χ2v) is 5.65. The molecular weight excluding hydrogens is 319 g/mol. The number of carbonyl (C=O) groups is 1. The molecule has 6 heteroatoms. The molecule has 126 valence electrons. The van der Waals surface area contributed by atoms with Crippen molar-refractivity contribution in [2.24, 2.45) is 5.10 Å². The molecular formula is C19H17FN4O. The molecule has 0 atom stereocenters. The van der Waals surface area contributed by atoms with E-state index in [9.17, 15) is 9.18 Å². The Morgan fingerprint density at radius 1 is 1.16 bits per heavy atom. The molecule has 1 heterocycles. The highest BCUT2D eigenvalue weighted by atomic mass is 19.1. The van der Waals surface area contributed by atoms with Gasteiger partial charge in [-0.1, -0.05) is 29.8 Å². The summed E-state index contributed by atoms with van der Waals surface area (Å²) < 4.78 is 14.8. The molecule has 1 amide bonds. The molecule has 0 saturated carbocycles. The average Bonchev–Trinajstić information content (AvgIpc) is 3.00. The van der Waals surface area contributed by atoms with Crippen molar-refractivity contribution >= 4 is 12.1 Å². The maximum atomic E-state index is 13.1. The Kier molecular flexibility index (Phi) is 4.70. The number of aromatic nitrogens is 2. The Hall–Kier alpha value is -3.28. The van der Waals surface area contributed by atoms with Gasteiger partial charge >= 0.3 is 0 Å². The van der Waals surface area contributed by atoms with Crippen LogP contribution in [0.2, 0.25) is 0 Å². The largest absolute Gasteiger partial charge is 0.274 e. The molecule has 0 aliphatic rings. The van der Waals surface area contributed by atoms with E-state index >= 15 is 0 Å². The van der Waals surface area contributed by atoms with Crippen molar-refractivity contribution in [2.45, 2.75) is 13.8 Å². The highest BCUT2D eigenvalue weighted by molar-refractivity contribution is 5.89. The summed E-state index contributed by atoms with van der Waals surface area (Å²) in [5, 5.41) is 8.53. The second kappa shape index (κ2) is 7.09. The molecule has 0 fully saturated rings. The van der Waals surface area contributed by atoms with Gasteiger partial charge in [-0.3, -0.25) is 4.79 Å². The number of nitrogens with zero attached hydrogens (tertiary/aromatic N) is 3. The van der Waals surface area contributed by atoms with Gasteiger partial charge in [0.15, 0.2) is 0 Å². The molecule has 3 aromatic rings. The number of amides is 1. The third-order valence-corrected chi connectivity index (χ3v) is 3.58. The molecule has 1 aromatic heterocycles. The fourth-order valence-electron chi connectivity index (χ4n) is 2.34. The summed E-state index contributed by atoms with van der Waals surface area (Å²) in [6, 6.07) is 14.0. The number of benzene rings is 2. The molecule has 0 aliphatic carbocycles. The van der Waals surface area contributed by atoms with Crippen molar-refractivity contribution < 1.29 is 9.18 Å². The predicted octanol–water partition coefficient (Wildman–Crippen LogP) is 3.46. The van der Waals surface area contributed by atoms with Crippen LogP contribution in [-0.2, 0) is 4.79 Å². The van der Waals surface area contributed by atoms with Crippen LogP contribution in [0.1, 0.15) is 18.1 Å². The Morgan fingerprint density at radius 2 is 1.84 bits per heavy atom. The van der Waals surface area contributed by atoms with E-state index in [2.05, 4.69) is 15.6 Å². The van der Waals surface area contributed by atoms with Crippen LogP contribution in [-0.4, -0.2) is 21.9 Å². The summed E-state index contributed by atoms with van der Waals surface area (Å²) in [5.74, 6) is -0.554. The van der Waals surface area contributed by atoms with E-state index in [4.69, 9.17) is 0 Å². The van der Waals surface area contributed by atoms with Gasteiger partial charge in [0.2, 0.25) is 5.91 Å². The van der Waals surface area contributed by atoms with E-state index in [0.29, 0.717) is 0 Å². The summed E-state index contributed by atoms with van der Waals surface area (Å²) in [5.41, 5.74) is 6.65. The van der Waals surface area contributed by atoms with Crippen LogP contribution < -0.4 is 5.43 Å². The Morgan fingerprint density at radius 3 is 2.48 bits per heavy atom. The second-order valence-electron chi connectivity index (χ2n) is 5.65. The fourth-order valence-corrected chi connectivity index (χ4v) is 2.34. The topological polar surface area (TPSA) is 59.3 Å². The number of carbonyl (C=O) groups excluding carboxylic acids is 1. The lowest BCUT2D eigenvalue weighted by Crippen LogP contribution is -2.12. The fraction of sp³-hybridized carbons (Fsp3) is 0.105. The smallest absolute Gasteiger partial charge is 0.236 e. The lowest BCUT2D eigenvalue weighted by molar-refractivity contribution is -0.118. The minimum atomic E-state index is -0.304. The maximum absolute atomic E-state index is 13.1. The highest BCUT2D eigenvalue weighted by Gasteiger charge is 2.11. The zero-order valence-corrected chi connectivity index (χ0v) is 13.9. The lowest BCUT2D eigenvalue weighted by atomic mass is 10.1. The number of rotatable bonds is 4. The van der Waals surface area contributed by atoms with Gasteiger partial charge in [-0.2, -0.15) is 10.2 Å². The van der Waals surface area contributed by atoms with Crippen LogP contribution in [0, 0.1) is 12.7 Å². The summed E-state index contributed by atoms with van der Waals surface area (Å²) in [6.07, 6.45) is 3.33. The minimum absolute atomic E-state index is 0.251. The molecule has 0 spiro atoms. The first kappa shape index (κ1) is 16.6. The van der Waals surface area contributed by atoms with Gasteiger partial charge < -0.3 is 0 Å². The van der Waals surface area contributed by atoms with Crippen molar-refractivity contribution in [3.05, 3.63) is 71.7 Å². The molecule has 0 bridgehead atoms. The average molecular weight is 336 g/mol. The SMILES string of the molecule is CC(=O)N/N=C\c1cn(-c2ccc(F)cc2)nc1-c1ccc(C)cc1. The summed E-state index contributed by atoms with van der Waals surface area (Å²) in [6.45, 7) is 3.40. The van der Waals surface area contributed by atoms with E-state index in [1.165, 1.54) is 19.1 Å². The zero-order chi connectivity index (χ0) is 17.8. The third-order valence-electron chi connectivity index (χ3n) is 3.58. The minimum Gasteiger partial charge on any atom is -0.274 e. The molecule has 2 aromatic carbocycles. The first-order valence-electron chi connectivity index (χ1n) is 7.75. The van der Waals surface area contributed by atoms with E-state index in [0.717, 1.165) is 28.1 Å². The molecule has 0 saturated heterocycles. The van der Waals surface area contributed by atoms with E-state index in [1.54, 1.807) is 29.2 Å². The number of aryl methyl sites for hydroxylation is 1. The quantitative estimate of drug-likeness (QED) is 0.586. The first-order valence-corrected chi connectivity index (χ1v) is 7.75. The van der Waals surface area contributed by atoms with Gasteiger partial charge in [0.1, 0.15) is 11.5 Å². The van der Waals surface area contributed by atoms with Crippen molar-refractivity contribution in [3.8, 4) is 16.9 Å². The molecule has 5 nitrogen and oxygen atoms in total. The first-order chi connectivity index (χ1) is 12.0. The standard InChI is InChI=1S/C19H17FN4O/c1-13-3-5-15(6-4-13)19-16(11-21-22-14(2)25)12-24(23-19)18-9-7-17(20)8-10-18/h3-12H,1-2H3,(H,22,25)/b21-11-. The third kappa shape index (κ3) is 3.98. The number of hydrogen-bond donors (Lipinski definition) is 1. The Balaban J connectivity index is 2.04. The van der Waals surface area contributed by atoms with Crippen LogP contribution in [0.4, 0.5) is 4.39 Å². The van der Waals surface area contributed by atoms with Crippen molar-refractivity contribution in [1.82, 2.24) is 15.2 Å². The lowest BCUT2D eigenvalue weighted by Gasteiger charge is -2.01. The van der Waals surface area contributed by atoms with E-state index in [1.807, 2.05) is 31.2 Å². The van der Waals surface area contributed by atoms with Gasteiger partial charge in [-0.05, 0) is 31.2 Å². The van der Waals surface area contributed by atoms with Crippen LogP contribution in [0.15, 0.2) is 59.8 Å². The van der Waals surface area contributed by atoms with Gasteiger partial charge in [-0.25, -0.2) is 14.5 Å². The Labute approximate surface area is 144 Å². The summed E-state index contributed by atoms with van der Waals surface area (Å²) in [4.78, 5) is 11.0. The van der Waals surface area contributed by atoms with Gasteiger partial charge in [0.25, 0.3) is 0 Å². The summed E-state index contributed by atoms with van der Waals surface area (Å²) in [7, 11) is 0. The Bertz CT molecular complexity index is 912. The number of halogens is 1. The monoisotopic (exact) mass is 336 g/mol. The molecule has 0 unspecified atom stereocenters. The van der Waals surface area contributed by atoms with Gasteiger partial charge in [0, 0.05) is 24.2 Å². The normalized spacial score (nSPS) is 11.0. The van der Waals surface area contributed by atoms with Gasteiger partial charge in [-0.15, -0.1) is 0 Å². The van der Waals surface area contributed by atoms with E-state index < -0.39 is 0 Å². The molecule has 25 heavy (non-hydrogen) atoms. The molecule has 0 aliphatic heterocycles. The zero-order valence-electron chi connectivity index (χ0n) is 13.9. The van der Waals surface area contributed by atoms with Crippen molar-refractivity contribution in [2.75, 3.05) is 0 Å². The number of hydrogen-bond acceptors (Lipinski definition) is 3. The molecule has 0 radical (unpaired) electrons. The molecule has 1 N–H and O–H groups in total. The van der Waals surface area contributed by atoms with Crippen LogP contribution in [0.25, 0.3) is 16.9 Å². The predicted molar refractivity (Wildman–Crippen MR) is 95.1 cm³/mol. The number of hydrazone groups is 1. The van der Waals surface area contributed by atoms with Crippen molar-refractivity contribution in [3.63, 3.8) is 0 Å². The highest BCUT2D eigenvalue weighted by Crippen LogP contribution is 2.23. The maximum Gasteiger partial charge on any atom is 0.236 e. The summed E-state index contributed by atoms with van der Waals surface area (Å²) >= 11 is 0.